The number of pyridine rings is 1. The van der Waals surface area contributed by atoms with Gasteiger partial charge in [0.1, 0.15) is 0 Å². The number of amides is 1. The molecule has 2 rings (SSSR count). The van der Waals surface area contributed by atoms with Crippen LogP contribution in [0.15, 0.2) is 35.1 Å². The van der Waals surface area contributed by atoms with E-state index in [0.717, 1.165) is 5.56 Å². The molecule has 0 aliphatic rings. The third kappa shape index (κ3) is 5.00. The predicted octanol–water partition coefficient (Wildman–Crippen LogP) is 2.05. The van der Waals surface area contributed by atoms with E-state index in [1.54, 1.807) is 30.6 Å². The minimum absolute atomic E-state index is 0. The van der Waals surface area contributed by atoms with E-state index >= 15 is 0 Å². The molecule has 21 heavy (non-hydrogen) atoms. The maximum absolute atomic E-state index is 12.0. The van der Waals surface area contributed by atoms with Crippen LogP contribution in [0, 0.1) is 0 Å². The number of carbonyl (C=O) groups excluding carboxylic acids is 1. The molecule has 1 amide bonds. The molecule has 3 N–H and O–H groups in total. The molecule has 8 heteroatoms. The van der Waals surface area contributed by atoms with E-state index in [-0.39, 0.29) is 36.4 Å². The number of aromatic nitrogens is 2. The van der Waals surface area contributed by atoms with E-state index in [4.69, 9.17) is 10.3 Å². The summed E-state index contributed by atoms with van der Waals surface area (Å²) in [6, 6.07) is 5.16. The van der Waals surface area contributed by atoms with Crippen molar-refractivity contribution in [1.29, 1.82) is 0 Å². The number of hydrogen-bond donors (Lipinski definition) is 2. The zero-order valence-electron chi connectivity index (χ0n) is 11.7. The molecule has 2 aromatic heterocycles. The van der Waals surface area contributed by atoms with Gasteiger partial charge in [0.15, 0.2) is 11.5 Å². The van der Waals surface area contributed by atoms with Crippen molar-refractivity contribution < 1.29 is 9.32 Å². The molecule has 0 saturated carbocycles. The number of nitrogens with zero attached hydrogens (tertiary/aromatic N) is 2. The lowest BCUT2D eigenvalue weighted by molar-refractivity contribution is 0.0906. The molecule has 0 atom stereocenters. The van der Waals surface area contributed by atoms with Gasteiger partial charge in [-0.1, -0.05) is 5.16 Å². The van der Waals surface area contributed by atoms with Gasteiger partial charge < -0.3 is 15.6 Å². The van der Waals surface area contributed by atoms with Crippen molar-refractivity contribution in [2.24, 2.45) is 5.73 Å². The summed E-state index contributed by atoms with van der Waals surface area (Å²) in [5.41, 5.74) is 6.13. The highest BCUT2D eigenvalue weighted by Crippen LogP contribution is 2.19. The fourth-order valence-corrected chi connectivity index (χ4v) is 1.46. The van der Waals surface area contributed by atoms with E-state index in [1.807, 2.05) is 13.8 Å². The van der Waals surface area contributed by atoms with Gasteiger partial charge in [-0.15, -0.1) is 24.8 Å². The van der Waals surface area contributed by atoms with E-state index in [9.17, 15) is 4.79 Å². The normalized spacial score (nSPS) is 10.2. The van der Waals surface area contributed by atoms with Crippen LogP contribution in [0.25, 0.3) is 11.3 Å². The lowest BCUT2D eigenvalue weighted by atomic mass is 10.1. The van der Waals surface area contributed by atoms with Crippen LogP contribution in [0.2, 0.25) is 0 Å². The molecule has 0 spiro atoms. The number of rotatable bonds is 4. The predicted molar refractivity (Wildman–Crippen MR) is 84.8 cm³/mol. The summed E-state index contributed by atoms with van der Waals surface area (Å²) in [6.07, 6.45) is 3.30. The summed E-state index contributed by atoms with van der Waals surface area (Å²) in [7, 11) is 0. The van der Waals surface area contributed by atoms with Crippen molar-refractivity contribution in [3.63, 3.8) is 0 Å². The van der Waals surface area contributed by atoms with Crippen molar-refractivity contribution in [2.75, 3.05) is 6.54 Å². The molecule has 0 saturated heterocycles. The third-order valence-corrected chi connectivity index (χ3v) is 2.67. The third-order valence-electron chi connectivity index (χ3n) is 2.67. The molecule has 0 fully saturated rings. The Morgan fingerprint density at radius 1 is 1.33 bits per heavy atom. The van der Waals surface area contributed by atoms with E-state index in [0.29, 0.717) is 12.3 Å². The summed E-state index contributed by atoms with van der Waals surface area (Å²) < 4.78 is 5.15. The van der Waals surface area contributed by atoms with Gasteiger partial charge in [0, 0.05) is 36.1 Å². The summed E-state index contributed by atoms with van der Waals surface area (Å²) in [5, 5.41) is 6.55. The smallest absolute Gasteiger partial charge is 0.273 e. The standard InChI is InChI=1S/C13H16N4O2.2ClH/c1-13(2,8-14)16-12(18)10-7-11(19-17-10)9-3-5-15-6-4-9;;/h3-7H,8,14H2,1-2H3,(H,16,18);2*1H. The molecular weight excluding hydrogens is 315 g/mol. The number of hydrogen-bond acceptors (Lipinski definition) is 5. The molecule has 2 aromatic rings. The number of nitrogens with one attached hydrogen (secondary N) is 1. The Labute approximate surface area is 135 Å². The molecule has 0 unspecified atom stereocenters. The van der Waals surface area contributed by atoms with Crippen LogP contribution >= 0.6 is 24.8 Å². The largest absolute Gasteiger partial charge is 0.355 e. The first-order valence-corrected chi connectivity index (χ1v) is 5.91. The van der Waals surface area contributed by atoms with Crippen molar-refractivity contribution in [1.82, 2.24) is 15.5 Å². The summed E-state index contributed by atoms with van der Waals surface area (Å²) in [6.45, 7) is 4.03. The average Bonchev–Trinajstić information content (AvgIpc) is 2.89. The van der Waals surface area contributed by atoms with Crippen LogP contribution in [0.4, 0.5) is 0 Å². The topological polar surface area (TPSA) is 94.0 Å². The van der Waals surface area contributed by atoms with Gasteiger partial charge >= 0.3 is 0 Å². The fourth-order valence-electron chi connectivity index (χ4n) is 1.46. The maximum atomic E-state index is 12.0. The van der Waals surface area contributed by atoms with Crippen LogP contribution in [0.3, 0.4) is 0 Å². The molecule has 0 aromatic carbocycles. The fraction of sp³-hybridized carbons (Fsp3) is 0.308. The Morgan fingerprint density at radius 3 is 2.52 bits per heavy atom. The molecule has 0 bridgehead atoms. The van der Waals surface area contributed by atoms with Gasteiger partial charge in [0.25, 0.3) is 5.91 Å². The Kier molecular flexibility index (Phi) is 7.35. The van der Waals surface area contributed by atoms with Crippen molar-refractivity contribution in [3.05, 3.63) is 36.3 Å². The lowest BCUT2D eigenvalue weighted by Crippen LogP contribution is -2.48. The van der Waals surface area contributed by atoms with Crippen LogP contribution in [0.5, 0.6) is 0 Å². The van der Waals surface area contributed by atoms with E-state index < -0.39 is 5.54 Å². The SMILES string of the molecule is CC(C)(CN)NC(=O)c1cc(-c2ccncc2)on1.Cl.Cl. The lowest BCUT2D eigenvalue weighted by Gasteiger charge is -2.23. The summed E-state index contributed by atoms with van der Waals surface area (Å²) >= 11 is 0. The number of halogens is 2. The highest BCUT2D eigenvalue weighted by molar-refractivity contribution is 5.93. The Balaban J connectivity index is 0.00000200. The van der Waals surface area contributed by atoms with Gasteiger partial charge in [-0.05, 0) is 26.0 Å². The zero-order valence-corrected chi connectivity index (χ0v) is 13.3. The highest BCUT2D eigenvalue weighted by atomic mass is 35.5. The van der Waals surface area contributed by atoms with Crippen molar-refractivity contribution in [2.45, 2.75) is 19.4 Å². The molecular formula is C13H18Cl2N4O2. The van der Waals surface area contributed by atoms with Crippen LogP contribution < -0.4 is 11.1 Å². The molecule has 0 aliphatic carbocycles. The Morgan fingerprint density at radius 2 is 1.95 bits per heavy atom. The van der Waals surface area contributed by atoms with Gasteiger partial charge in [-0.2, -0.15) is 0 Å². The van der Waals surface area contributed by atoms with Crippen LogP contribution in [-0.2, 0) is 0 Å². The van der Waals surface area contributed by atoms with Gasteiger partial charge in [0.2, 0.25) is 0 Å². The first kappa shape index (κ1) is 19.4. The minimum atomic E-state index is -0.479. The maximum Gasteiger partial charge on any atom is 0.273 e. The van der Waals surface area contributed by atoms with Gasteiger partial charge in [0.05, 0.1) is 0 Å². The first-order valence-electron chi connectivity index (χ1n) is 5.91. The number of carbonyl (C=O) groups is 1. The Hall–Kier alpha value is -1.63. The molecule has 0 aliphatic heterocycles. The van der Waals surface area contributed by atoms with Crippen molar-refractivity contribution in [3.8, 4) is 11.3 Å². The molecule has 6 nitrogen and oxygen atoms in total. The zero-order chi connectivity index (χ0) is 13.9. The summed E-state index contributed by atoms with van der Waals surface area (Å²) in [5.74, 6) is 0.220. The molecule has 116 valence electrons. The quantitative estimate of drug-likeness (QED) is 0.893. The second kappa shape index (κ2) is 7.97. The first-order chi connectivity index (χ1) is 9.02. The number of nitrogens with two attached hydrogens (primary N) is 1. The van der Waals surface area contributed by atoms with Crippen LogP contribution in [0.1, 0.15) is 24.3 Å². The van der Waals surface area contributed by atoms with Crippen molar-refractivity contribution >= 4 is 30.7 Å². The van der Waals surface area contributed by atoms with E-state index in [2.05, 4.69) is 15.5 Å². The van der Waals surface area contributed by atoms with Crippen LogP contribution in [-0.4, -0.2) is 28.1 Å². The second-order valence-corrected chi connectivity index (χ2v) is 4.85. The van der Waals surface area contributed by atoms with Gasteiger partial charge in [-0.25, -0.2) is 0 Å². The second-order valence-electron chi connectivity index (χ2n) is 4.85. The monoisotopic (exact) mass is 332 g/mol. The Bertz CT molecular complexity index is 573. The average molecular weight is 333 g/mol. The van der Waals surface area contributed by atoms with Gasteiger partial charge in [-0.3, -0.25) is 9.78 Å². The molecule has 0 radical (unpaired) electrons. The highest BCUT2D eigenvalue weighted by Gasteiger charge is 2.21. The molecule has 2 heterocycles. The minimum Gasteiger partial charge on any atom is -0.355 e. The van der Waals surface area contributed by atoms with E-state index in [1.165, 1.54) is 0 Å². The summed E-state index contributed by atoms with van der Waals surface area (Å²) in [4.78, 5) is 15.9.